The Bertz CT molecular complexity index is 280. The van der Waals surface area contributed by atoms with Crippen molar-refractivity contribution >= 4 is 0 Å². The second-order valence-electron chi connectivity index (χ2n) is 5.28. The van der Waals surface area contributed by atoms with Crippen molar-refractivity contribution < 1.29 is 24.1 Å². The molecule has 4 unspecified atom stereocenters. The predicted octanol–water partition coefficient (Wildman–Crippen LogP) is 1.04. The fraction of sp³-hybridized carbons (Fsp3) is 1.00. The molecule has 5 nitrogen and oxygen atoms in total. The van der Waals surface area contributed by atoms with Crippen LogP contribution in [0.1, 0.15) is 34.1 Å². The molecule has 0 amide bonds. The van der Waals surface area contributed by atoms with Gasteiger partial charge in [0, 0.05) is 0 Å². The van der Waals surface area contributed by atoms with Gasteiger partial charge in [-0.3, -0.25) is 0 Å². The molecule has 4 atom stereocenters. The van der Waals surface area contributed by atoms with Crippen molar-refractivity contribution in [3.8, 4) is 0 Å². The number of aliphatic hydroxyl groups excluding tert-OH is 1. The van der Waals surface area contributed by atoms with E-state index in [9.17, 15) is 5.11 Å². The summed E-state index contributed by atoms with van der Waals surface area (Å²) in [7, 11) is 0. The van der Waals surface area contributed by atoms with Crippen molar-refractivity contribution in [3.63, 3.8) is 0 Å². The van der Waals surface area contributed by atoms with Gasteiger partial charge in [-0.05, 0) is 27.2 Å². The van der Waals surface area contributed by atoms with E-state index < -0.39 is 11.6 Å². The van der Waals surface area contributed by atoms with E-state index >= 15 is 0 Å². The Morgan fingerprint density at radius 2 is 1.88 bits per heavy atom. The lowest BCUT2D eigenvalue weighted by Gasteiger charge is -2.24. The molecule has 2 aliphatic heterocycles. The molecule has 100 valence electrons. The van der Waals surface area contributed by atoms with E-state index in [0.717, 1.165) is 6.42 Å². The average molecular weight is 246 g/mol. The zero-order valence-electron chi connectivity index (χ0n) is 10.9. The normalized spacial score (nSPS) is 45.4. The molecule has 0 spiro atoms. The maximum atomic E-state index is 9.35. The van der Waals surface area contributed by atoms with Crippen molar-refractivity contribution in [2.75, 3.05) is 13.2 Å². The summed E-state index contributed by atoms with van der Waals surface area (Å²) in [5.41, 5.74) is 0. The molecular formula is C12H22O5. The molecule has 0 aromatic heterocycles. The van der Waals surface area contributed by atoms with Gasteiger partial charge in [0.25, 0.3) is 0 Å². The first-order valence-corrected chi connectivity index (χ1v) is 6.17. The number of hydrogen-bond acceptors (Lipinski definition) is 5. The van der Waals surface area contributed by atoms with Crippen LogP contribution in [0.2, 0.25) is 0 Å². The van der Waals surface area contributed by atoms with E-state index in [4.69, 9.17) is 18.9 Å². The molecule has 0 saturated carbocycles. The summed E-state index contributed by atoms with van der Waals surface area (Å²) in [6.45, 7) is 8.02. The predicted molar refractivity (Wildman–Crippen MR) is 60.4 cm³/mol. The van der Waals surface area contributed by atoms with Crippen LogP contribution in [-0.2, 0) is 18.9 Å². The third-order valence-electron chi connectivity index (χ3n) is 3.37. The van der Waals surface area contributed by atoms with Gasteiger partial charge in [0.15, 0.2) is 11.6 Å². The van der Waals surface area contributed by atoms with Crippen molar-refractivity contribution in [3.05, 3.63) is 0 Å². The molecule has 0 bridgehead atoms. The fourth-order valence-corrected chi connectivity index (χ4v) is 2.28. The first-order valence-electron chi connectivity index (χ1n) is 6.17. The van der Waals surface area contributed by atoms with E-state index in [1.807, 2.05) is 27.7 Å². The van der Waals surface area contributed by atoms with E-state index in [1.165, 1.54) is 0 Å². The zero-order valence-corrected chi connectivity index (χ0v) is 10.9. The maximum Gasteiger partial charge on any atom is 0.166 e. The minimum absolute atomic E-state index is 0.0689. The van der Waals surface area contributed by atoms with Gasteiger partial charge < -0.3 is 24.1 Å². The molecule has 2 fully saturated rings. The van der Waals surface area contributed by atoms with Crippen LogP contribution < -0.4 is 0 Å². The SMILES string of the molecule is CCC1(C)OC(CO)C(C2COC(C)(C)O2)O1. The molecule has 0 aliphatic carbocycles. The summed E-state index contributed by atoms with van der Waals surface area (Å²) in [6.07, 6.45) is -0.0681. The van der Waals surface area contributed by atoms with Crippen molar-refractivity contribution in [1.82, 2.24) is 0 Å². The Hall–Kier alpha value is -0.200. The first-order chi connectivity index (χ1) is 7.89. The van der Waals surface area contributed by atoms with Crippen LogP contribution in [0.3, 0.4) is 0 Å². The fourth-order valence-electron chi connectivity index (χ4n) is 2.28. The number of hydrogen-bond donors (Lipinski definition) is 1. The van der Waals surface area contributed by atoms with Gasteiger partial charge in [0.2, 0.25) is 0 Å². The quantitative estimate of drug-likeness (QED) is 0.806. The third-order valence-corrected chi connectivity index (χ3v) is 3.37. The molecule has 2 heterocycles. The molecule has 2 saturated heterocycles. The van der Waals surface area contributed by atoms with Crippen LogP contribution >= 0.6 is 0 Å². The summed E-state index contributed by atoms with van der Waals surface area (Å²) in [5, 5.41) is 9.35. The minimum Gasteiger partial charge on any atom is -0.394 e. The van der Waals surface area contributed by atoms with Gasteiger partial charge in [-0.1, -0.05) is 6.92 Å². The lowest BCUT2D eigenvalue weighted by atomic mass is 10.1. The molecular weight excluding hydrogens is 224 g/mol. The standard InChI is InChI=1S/C12H22O5/c1-5-12(4)16-8(6-13)10(17-12)9-7-14-11(2,3)15-9/h8-10,13H,5-7H2,1-4H3. The van der Waals surface area contributed by atoms with Crippen LogP contribution in [-0.4, -0.2) is 48.2 Å². The molecule has 1 N–H and O–H groups in total. The second kappa shape index (κ2) is 4.48. The number of ether oxygens (including phenoxy) is 4. The summed E-state index contributed by atoms with van der Waals surface area (Å²) < 4.78 is 22.9. The molecule has 5 heteroatoms. The van der Waals surface area contributed by atoms with E-state index in [0.29, 0.717) is 6.61 Å². The van der Waals surface area contributed by atoms with Crippen molar-refractivity contribution in [2.45, 2.75) is 64.0 Å². The van der Waals surface area contributed by atoms with Crippen LogP contribution in [0.5, 0.6) is 0 Å². The van der Waals surface area contributed by atoms with E-state index in [-0.39, 0.29) is 24.9 Å². The topological polar surface area (TPSA) is 57.2 Å². The summed E-state index contributed by atoms with van der Waals surface area (Å²) >= 11 is 0. The highest BCUT2D eigenvalue weighted by molar-refractivity contribution is 4.90. The Balaban J connectivity index is 2.05. The van der Waals surface area contributed by atoms with Gasteiger partial charge >= 0.3 is 0 Å². The van der Waals surface area contributed by atoms with E-state index in [1.54, 1.807) is 0 Å². The van der Waals surface area contributed by atoms with Gasteiger partial charge in [0.05, 0.1) is 13.2 Å². The Kier molecular flexibility index (Phi) is 3.49. The summed E-state index contributed by atoms with van der Waals surface area (Å²) in [6, 6.07) is 0. The molecule has 0 radical (unpaired) electrons. The average Bonchev–Trinajstić information content (AvgIpc) is 2.79. The lowest BCUT2D eigenvalue weighted by Crippen LogP contribution is -2.39. The smallest absolute Gasteiger partial charge is 0.166 e. The highest BCUT2D eigenvalue weighted by Gasteiger charge is 2.50. The Morgan fingerprint density at radius 1 is 1.18 bits per heavy atom. The monoisotopic (exact) mass is 246 g/mol. The first kappa shape index (κ1) is 13.2. The molecule has 0 aromatic rings. The Labute approximate surface area is 102 Å². The highest BCUT2D eigenvalue weighted by atomic mass is 16.8. The van der Waals surface area contributed by atoms with E-state index in [2.05, 4.69) is 0 Å². The van der Waals surface area contributed by atoms with Gasteiger partial charge in [-0.2, -0.15) is 0 Å². The minimum atomic E-state index is -0.631. The number of rotatable bonds is 3. The molecule has 17 heavy (non-hydrogen) atoms. The van der Waals surface area contributed by atoms with Crippen LogP contribution in [0.4, 0.5) is 0 Å². The summed E-state index contributed by atoms with van der Waals surface area (Å²) in [5.74, 6) is -1.21. The summed E-state index contributed by atoms with van der Waals surface area (Å²) in [4.78, 5) is 0. The van der Waals surface area contributed by atoms with Crippen LogP contribution in [0.25, 0.3) is 0 Å². The highest BCUT2D eigenvalue weighted by Crippen LogP contribution is 2.36. The van der Waals surface area contributed by atoms with Gasteiger partial charge in [-0.15, -0.1) is 0 Å². The number of aliphatic hydroxyl groups is 1. The van der Waals surface area contributed by atoms with Gasteiger partial charge in [-0.25, -0.2) is 0 Å². The molecule has 2 aliphatic rings. The van der Waals surface area contributed by atoms with Gasteiger partial charge in [0.1, 0.15) is 18.3 Å². The largest absolute Gasteiger partial charge is 0.394 e. The maximum absolute atomic E-state index is 9.35. The third kappa shape index (κ3) is 2.63. The van der Waals surface area contributed by atoms with Crippen LogP contribution in [0, 0.1) is 0 Å². The molecule has 0 aromatic carbocycles. The Morgan fingerprint density at radius 3 is 2.35 bits per heavy atom. The van der Waals surface area contributed by atoms with Crippen LogP contribution in [0.15, 0.2) is 0 Å². The lowest BCUT2D eigenvalue weighted by molar-refractivity contribution is -0.184. The molecule has 2 rings (SSSR count). The van der Waals surface area contributed by atoms with Crippen molar-refractivity contribution in [1.29, 1.82) is 0 Å². The van der Waals surface area contributed by atoms with Crippen molar-refractivity contribution in [2.24, 2.45) is 0 Å². The second-order valence-corrected chi connectivity index (χ2v) is 5.28. The zero-order chi connectivity index (χ0) is 12.7.